The van der Waals surface area contributed by atoms with Crippen molar-refractivity contribution in [1.29, 1.82) is 0 Å². The maximum Gasteiger partial charge on any atom is 0.252 e. The highest BCUT2D eigenvalue weighted by atomic mass is 28.3. The van der Waals surface area contributed by atoms with Gasteiger partial charge in [0.15, 0.2) is 0 Å². The molecule has 0 spiro atoms. The van der Waals surface area contributed by atoms with Crippen molar-refractivity contribution in [3.05, 3.63) is 220 Å². The van der Waals surface area contributed by atoms with E-state index in [1.165, 1.54) is 130 Å². The highest BCUT2D eigenvalue weighted by Crippen LogP contribution is 2.68. The van der Waals surface area contributed by atoms with Crippen molar-refractivity contribution in [2.75, 3.05) is 14.7 Å². The Hall–Kier alpha value is -7.08. The first-order valence-corrected chi connectivity index (χ1v) is 35.6. The molecule has 0 aromatic heterocycles. The van der Waals surface area contributed by atoms with E-state index in [1.54, 1.807) is 10.8 Å². The van der Waals surface area contributed by atoms with Gasteiger partial charge in [0, 0.05) is 50.5 Å². The summed E-state index contributed by atoms with van der Waals surface area (Å²) >= 11 is 0. The molecule has 1 saturated carbocycles. The third-order valence-corrected chi connectivity index (χ3v) is 24.6. The predicted molar refractivity (Wildman–Crippen MR) is 369 cm³/mol. The van der Waals surface area contributed by atoms with E-state index in [2.05, 4.69) is 293 Å². The lowest BCUT2D eigenvalue weighted by molar-refractivity contribution is 0.215. The molecular formula is C80H86BN3Si. The molecule has 0 N–H and O–H groups in total. The average molecular weight is 1130 g/mol. The summed E-state index contributed by atoms with van der Waals surface area (Å²) in [4.78, 5) is 8.65. The summed E-state index contributed by atoms with van der Waals surface area (Å²) in [5.74, 6) is 0. The van der Waals surface area contributed by atoms with E-state index < -0.39 is 13.6 Å². The van der Waals surface area contributed by atoms with Crippen LogP contribution in [0.15, 0.2) is 176 Å². The van der Waals surface area contributed by atoms with E-state index in [4.69, 9.17) is 0 Å². The highest BCUT2D eigenvalue weighted by Gasteiger charge is 2.65. The molecule has 1 fully saturated rings. The molecule has 4 aliphatic heterocycles. The minimum atomic E-state index is -1.92. The Kier molecular flexibility index (Phi) is 11.6. The molecule has 0 saturated heterocycles. The third-order valence-electron chi connectivity index (χ3n) is 22.6. The number of anilines is 7. The SMILES string of the molecule is CC(C)(C)c1ccc2c(c1)B1c3cc([Si](C)(C)C)cc4c3N(c3cc(N5c6ccc(C(C)(C)C)cc6C6(C)CCc7ccccc7C56C)cc(c31)N2c1ccc(C(C)(C)C)cc1-c1ccc2ccccc2c1)C1(C)CCCCC41c1ccccc1. The van der Waals surface area contributed by atoms with Gasteiger partial charge in [0.1, 0.15) is 0 Å². The van der Waals surface area contributed by atoms with Crippen molar-refractivity contribution < 1.29 is 0 Å². The van der Waals surface area contributed by atoms with Gasteiger partial charge in [-0.2, -0.15) is 0 Å². The summed E-state index contributed by atoms with van der Waals surface area (Å²) < 4.78 is 0. The monoisotopic (exact) mass is 1130 g/mol. The molecular weight excluding hydrogens is 1040 g/mol. The van der Waals surface area contributed by atoms with Gasteiger partial charge in [-0.15, -0.1) is 0 Å². The second kappa shape index (κ2) is 18.0. The Bertz CT molecular complexity index is 4280. The molecule has 9 aromatic rings. The van der Waals surface area contributed by atoms with Crippen LogP contribution in [0.1, 0.15) is 160 Å². The predicted octanol–water partition coefficient (Wildman–Crippen LogP) is 18.6. The molecule has 2 aliphatic carbocycles. The first-order chi connectivity index (χ1) is 40.3. The van der Waals surface area contributed by atoms with Crippen LogP contribution in [-0.4, -0.2) is 20.3 Å². The Balaban J connectivity index is 1.12. The molecule has 428 valence electrons. The standard InChI is InChI=1S/C80H86BN3Si/c1-74(2,3)56-33-36-67(61(44-56)54-32-31-51-25-19-20-27-53(51)43-54)82-69-38-35-58(76(7,8)9)46-65(69)81-66-50-60(85(13,14)15)49-64-73(66)84(78(11)40-23-24-41-80(64,78)55-28-17-16-18-29-55)71-48-59(47-70(82)72(71)81)83-68-37-34-57(75(4,5)6)45-63(68)77(10)42-39-52-26-21-22-30-62(52)79(77,83)12/h16-22,25-38,43-50H,23-24,39-42H2,1-15H3. The van der Waals surface area contributed by atoms with Crippen LogP contribution >= 0.6 is 0 Å². The number of hydrogen-bond donors (Lipinski definition) is 0. The lowest BCUT2D eigenvalue weighted by Gasteiger charge is -2.55. The van der Waals surface area contributed by atoms with Crippen LogP contribution in [0.4, 0.5) is 39.8 Å². The molecule has 4 atom stereocenters. The molecule has 0 bridgehead atoms. The maximum atomic E-state index is 3.01. The van der Waals surface area contributed by atoms with Crippen molar-refractivity contribution >= 4 is 86.9 Å². The minimum Gasteiger partial charge on any atom is -0.335 e. The molecule has 4 heterocycles. The molecule has 4 unspecified atom stereocenters. The van der Waals surface area contributed by atoms with Gasteiger partial charge in [-0.05, 0) is 175 Å². The Morgan fingerprint density at radius 3 is 1.81 bits per heavy atom. The van der Waals surface area contributed by atoms with Gasteiger partial charge in [0.2, 0.25) is 0 Å². The van der Waals surface area contributed by atoms with E-state index >= 15 is 0 Å². The first kappa shape index (κ1) is 54.6. The minimum absolute atomic E-state index is 0.00426. The van der Waals surface area contributed by atoms with Gasteiger partial charge in [0.05, 0.1) is 24.8 Å². The van der Waals surface area contributed by atoms with Crippen molar-refractivity contribution in [3.63, 3.8) is 0 Å². The zero-order valence-corrected chi connectivity index (χ0v) is 54.4. The van der Waals surface area contributed by atoms with Crippen LogP contribution < -0.4 is 36.3 Å². The molecule has 6 aliphatic rings. The van der Waals surface area contributed by atoms with Gasteiger partial charge in [-0.1, -0.05) is 240 Å². The fraction of sp³-hybridized carbons (Fsp3) is 0.350. The second-order valence-corrected chi connectivity index (χ2v) is 36.5. The summed E-state index contributed by atoms with van der Waals surface area (Å²) in [6, 6.07) is 71.1. The normalized spacial score (nSPS) is 22.8. The van der Waals surface area contributed by atoms with Gasteiger partial charge < -0.3 is 14.7 Å². The third kappa shape index (κ3) is 7.50. The zero-order chi connectivity index (χ0) is 59.3. The second-order valence-electron chi connectivity index (χ2n) is 31.4. The fourth-order valence-electron chi connectivity index (χ4n) is 17.6. The quantitative estimate of drug-likeness (QED) is 0.159. The topological polar surface area (TPSA) is 9.72 Å². The van der Waals surface area contributed by atoms with Gasteiger partial charge >= 0.3 is 0 Å². The number of fused-ring (bicyclic) bond motifs is 13. The van der Waals surface area contributed by atoms with Crippen LogP contribution in [0.3, 0.4) is 0 Å². The van der Waals surface area contributed by atoms with Crippen molar-refractivity contribution in [2.24, 2.45) is 0 Å². The summed E-state index contributed by atoms with van der Waals surface area (Å²) in [7, 11) is -1.92. The largest absolute Gasteiger partial charge is 0.335 e. The van der Waals surface area contributed by atoms with Gasteiger partial charge in [-0.3, -0.25) is 0 Å². The zero-order valence-electron chi connectivity index (χ0n) is 53.4. The first-order valence-electron chi connectivity index (χ1n) is 32.1. The fourth-order valence-corrected chi connectivity index (χ4v) is 18.8. The van der Waals surface area contributed by atoms with Crippen LogP contribution in [-0.2, 0) is 39.0 Å². The number of hydrogen-bond acceptors (Lipinski definition) is 3. The van der Waals surface area contributed by atoms with E-state index in [0.717, 1.165) is 25.7 Å². The van der Waals surface area contributed by atoms with Crippen LogP contribution in [0.2, 0.25) is 19.6 Å². The van der Waals surface area contributed by atoms with Crippen molar-refractivity contribution in [2.45, 2.75) is 179 Å². The van der Waals surface area contributed by atoms with Crippen LogP contribution in [0, 0.1) is 0 Å². The van der Waals surface area contributed by atoms with Crippen LogP contribution in [0.5, 0.6) is 0 Å². The molecule has 15 rings (SSSR count). The Morgan fingerprint density at radius 2 is 1.09 bits per heavy atom. The van der Waals surface area contributed by atoms with Crippen molar-refractivity contribution in [3.8, 4) is 11.1 Å². The van der Waals surface area contributed by atoms with Crippen molar-refractivity contribution in [1.82, 2.24) is 0 Å². The highest BCUT2D eigenvalue weighted by molar-refractivity contribution is 7.01. The van der Waals surface area contributed by atoms with E-state index in [0.29, 0.717) is 0 Å². The smallest absolute Gasteiger partial charge is 0.252 e. The summed E-state index contributed by atoms with van der Waals surface area (Å²) in [6.45, 7) is 37.1. The molecule has 85 heavy (non-hydrogen) atoms. The Morgan fingerprint density at radius 1 is 0.471 bits per heavy atom. The summed E-state index contributed by atoms with van der Waals surface area (Å²) in [5, 5.41) is 4.08. The van der Waals surface area contributed by atoms with Gasteiger partial charge in [0.25, 0.3) is 6.71 Å². The number of nitrogens with zero attached hydrogens (tertiary/aromatic N) is 3. The molecule has 5 heteroatoms. The molecule has 3 nitrogen and oxygen atoms in total. The van der Waals surface area contributed by atoms with Crippen LogP contribution in [0.25, 0.3) is 21.9 Å². The van der Waals surface area contributed by atoms with E-state index in [-0.39, 0.29) is 39.3 Å². The lowest BCUT2D eigenvalue weighted by atomic mass is 9.33. The molecule has 9 aromatic carbocycles. The lowest BCUT2D eigenvalue weighted by Crippen LogP contribution is -2.65. The number of rotatable bonds is 5. The molecule has 0 amide bonds. The van der Waals surface area contributed by atoms with E-state index in [9.17, 15) is 0 Å². The van der Waals surface area contributed by atoms with Gasteiger partial charge in [-0.25, -0.2) is 0 Å². The van der Waals surface area contributed by atoms with E-state index in [1.807, 2.05) is 0 Å². The number of aryl methyl sites for hydroxylation is 1. The maximum absolute atomic E-state index is 3.01. The molecule has 0 radical (unpaired) electrons. The summed E-state index contributed by atoms with van der Waals surface area (Å²) in [6.07, 6.45) is 6.75. The Labute approximate surface area is 509 Å². The average Bonchev–Trinajstić information content (AvgIpc) is 1.54. The number of benzene rings is 9. The summed E-state index contributed by atoms with van der Waals surface area (Å²) in [5.41, 5.74) is 26.3.